The van der Waals surface area contributed by atoms with Crippen LogP contribution in [0.1, 0.15) is 44.2 Å². The van der Waals surface area contributed by atoms with E-state index in [9.17, 15) is 4.39 Å². The number of halogens is 2. The fourth-order valence-electron chi connectivity index (χ4n) is 2.90. The van der Waals surface area contributed by atoms with Gasteiger partial charge in [0, 0.05) is 17.1 Å². The fourth-order valence-corrected chi connectivity index (χ4v) is 3.60. The zero-order valence-corrected chi connectivity index (χ0v) is 12.3. The molecule has 1 atom stereocenters. The van der Waals surface area contributed by atoms with Gasteiger partial charge >= 0.3 is 0 Å². The average molecular weight is 312 g/mol. The number of nitrogens with one attached hydrogen (secondary N) is 1. The van der Waals surface area contributed by atoms with E-state index in [0.29, 0.717) is 5.41 Å². The lowest BCUT2D eigenvalue weighted by atomic mass is 9.99. The molecule has 1 unspecified atom stereocenters. The van der Waals surface area contributed by atoms with Crippen LogP contribution >= 0.6 is 15.9 Å². The summed E-state index contributed by atoms with van der Waals surface area (Å²) in [7, 11) is 0. The summed E-state index contributed by atoms with van der Waals surface area (Å²) >= 11 is 3.45. The predicted molar refractivity (Wildman–Crippen MR) is 74.9 cm³/mol. The van der Waals surface area contributed by atoms with Crippen molar-refractivity contribution >= 4 is 15.9 Å². The van der Waals surface area contributed by atoms with Crippen molar-refractivity contribution in [2.24, 2.45) is 11.3 Å². The second-order valence-corrected chi connectivity index (χ2v) is 6.76. The summed E-state index contributed by atoms with van der Waals surface area (Å²) < 4.78 is 13.9. The van der Waals surface area contributed by atoms with Gasteiger partial charge < -0.3 is 5.32 Å². The molecule has 2 aliphatic carbocycles. The third kappa shape index (κ3) is 2.48. The average Bonchev–Trinajstić information content (AvgIpc) is 3.17. The number of benzene rings is 1. The first kappa shape index (κ1) is 12.6. The van der Waals surface area contributed by atoms with E-state index in [-0.39, 0.29) is 11.9 Å². The summed E-state index contributed by atoms with van der Waals surface area (Å²) in [4.78, 5) is 0. The monoisotopic (exact) mass is 311 g/mol. The number of rotatable bonds is 5. The van der Waals surface area contributed by atoms with Gasteiger partial charge in [-0.1, -0.05) is 22.0 Å². The third-order valence-electron chi connectivity index (χ3n) is 4.52. The Hall–Kier alpha value is -0.410. The minimum Gasteiger partial charge on any atom is -0.310 e. The standard InChI is InChI=1S/C15H19BrFN/c1-10(13-5-4-12(17)8-14(13)16)18-9-15(6-7-15)11-2-3-11/h4-5,8,10-11,18H,2-3,6-7,9H2,1H3. The molecule has 2 aliphatic rings. The molecular formula is C15H19BrFN. The molecule has 1 aromatic carbocycles. The molecule has 0 spiro atoms. The molecule has 1 nitrogen and oxygen atoms in total. The van der Waals surface area contributed by atoms with Crippen molar-refractivity contribution in [3.05, 3.63) is 34.1 Å². The Morgan fingerprint density at radius 1 is 1.44 bits per heavy atom. The van der Waals surface area contributed by atoms with Crippen LogP contribution in [0.3, 0.4) is 0 Å². The second kappa shape index (κ2) is 4.61. The summed E-state index contributed by atoms with van der Waals surface area (Å²) in [5, 5.41) is 3.63. The van der Waals surface area contributed by atoms with Gasteiger partial charge in [0.2, 0.25) is 0 Å². The number of hydrogen-bond acceptors (Lipinski definition) is 1. The molecule has 98 valence electrons. The summed E-state index contributed by atoms with van der Waals surface area (Å²) in [6.45, 7) is 3.27. The fraction of sp³-hybridized carbons (Fsp3) is 0.600. The van der Waals surface area contributed by atoms with E-state index in [1.165, 1.54) is 31.7 Å². The maximum Gasteiger partial charge on any atom is 0.124 e. The Kier molecular flexibility index (Phi) is 3.23. The summed E-state index contributed by atoms with van der Waals surface area (Å²) in [6.07, 6.45) is 5.64. The Morgan fingerprint density at radius 3 is 2.72 bits per heavy atom. The molecule has 0 heterocycles. The zero-order chi connectivity index (χ0) is 12.8. The van der Waals surface area contributed by atoms with Crippen LogP contribution in [-0.4, -0.2) is 6.54 Å². The summed E-state index contributed by atoms with van der Waals surface area (Å²) in [5.74, 6) is 0.795. The van der Waals surface area contributed by atoms with E-state index >= 15 is 0 Å². The van der Waals surface area contributed by atoms with Crippen molar-refractivity contribution in [1.82, 2.24) is 5.32 Å². The highest BCUT2D eigenvalue weighted by molar-refractivity contribution is 9.10. The van der Waals surface area contributed by atoms with Gasteiger partial charge in [-0.3, -0.25) is 0 Å². The van der Waals surface area contributed by atoms with E-state index < -0.39 is 0 Å². The van der Waals surface area contributed by atoms with Crippen LogP contribution in [0.5, 0.6) is 0 Å². The van der Waals surface area contributed by atoms with E-state index in [0.717, 1.165) is 22.5 Å². The lowest BCUT2D eigenvalue weighted by molar-refractivity contribution is 0.381. The normalized spacial score (nSPS) is 22.8. The lowest BCUT2D eigenvalue weighted by Gasteiger charge is -2.21. The first-order valence-corrected chi connectivity index (χ1v) is 7.58. The molecule has 0 bridgehead atoms. The van der Waals surface area contributed by atoms with Gasteiger partial charge in [0.25, 0.3) is 0 Å². The Morgan fingerprint density at radius 2 is 2.17 bits per heavy atom. The molecule has 1 N–H and O–H groups in total. The van der Waals surface area contributed by atoms with Gasteiger partial charge in [0.05, 0.1) is 0 Å². The topological polar surface area (TPSA) is 12.0 Å². The zero-order valence-electron chi connectivity index (χ0n) is 10.7. The molecule has 2 fully saturated rings. The van der Waals surface area contributed by atoms with Gasteiger partial charge in [0.15, 0.2) is 0 Å². The van der Waals surface area contributed by atoms with Crippen molar-refractivity contribution in [3.8, 4) is 0 Å². The van der Waals surface area contributed by atoms with Gasteiger partial charge in [-0.15, -0.1) is 0 Å². The van der Waals surface area contributed by atoms with Gasteiger partial charge in [-0.05, 0) is 61.6 Å². The first-order valence-electron chi connectivity index (χ1n) is 6.79. The predicted octanol–water partition coefficient (Wildman–Crippen LogP) is 4.43. The van der Waals surface area contributed by atoms with Crippen LogP contribution in [0, 0.1) is 17.2 Å². The summed E-state index contributed by atoms with van der Waals surface area (Å²) in [5.41, 5.74) is 1.75. The SMILES string of the molecule is CC(NCC1(C2CC2)CC1)c1ccc(F)cc1Br. The molecular weight excluding hydrogens is 293 g/mol. The van der Waals surface area contributed by atoms with Crippen LogP contribution in [0.4, 0.5) is 4.39 Å². The second-order valence-electron chi connectivity index (χ2n) is 5.91. The Labute approximate surface area is 116 Å². The van der Waals surface area contributed by atoms with Crippen molar-refractivity contribution in [2.45, 2.75) is 38.6 Å². The van der Waals surface area contributed by atoms with Crippen LogP contribution < -0.4 is 5.32 Å². The summed E-state index contributed by atoms with van der Waals surface area (Å²) in [6, 6.07) is 5.22. The van der Waals surface area contributed by atoms with Crippen LogP contribution in [0.15, 0.2) is 22.7 Å². The quantitative estimate of drug-likeness (QED) is 0.848. The molecule has 18 heavy (non-hydrogen) atoms. The van der Waals surface area contributed by atoms with Crippen molar-refractivity contribution in [1.29, 1.82) is 0 Å². The van der Waals surface area contributed by atoms with Crippen LogP contribution in [0.2, 0.25) is 0 Å². The maximum atomic E-state index is 13.1. The largest absolute Gasteiger partial charge is 0.310 e. The first-order chi connectivity index (χ1) is 8.61. The molecule has 2 saturated carbocycles. The molecule has 0 amide bonds. The molecule has 3 heteroatoms. The van der Waals surface area contributed by atoms with Gasteiger partial charge in [-0.2, -0.15) is 0 Å². The van der Waals surface area contributed by atoms with E-state index in [4.69, 9.17) is 0 Å². The van der Waals surface area contributed by atoms with Crippen molar-refractivity contribution < 1.29 is 4.39 Å². The van der Waals surface area contributed by atoms with Crippen molar-refractivity contribution in [3.63, 3.8) is 0 Å². The van der Waals surface area contributed by atoms with Crippen molar-refractivity contribution in [2.75, 3.05) is 6.54 Å². The molecule has 0 saturated heterocycles. The minimum atomic E-state index is -0.186. The molecule has 0 aromatic heterocycles. The van der Waals surface area contributed by atoms with E-state index in [2.05, 4.69) is 28.2 Å². The number of hydrogen-bond donors (Lipinski definition) is 1. The van der Waals surface area contributed by atoms with Gasteiger partial charge in [-0.25, -0.2) is 4.39 Å². The highest BCUT2D eigenvalue weighted by Gasteiger charge is 2.53. The minimum absolute atomic E-state index is 0.186. The van der Waals surface area contributed by atoms with Gasteiger partial charge in [0.1, 0.15) is 5.82 Å². The molecule has 0 radical (unpaired) electrons. The highest BCUT2D eigenvalue weighted by Crippen LogP contribution is 2.61. The van der Waals surface area contributed by atoms with Crippen LogP contribution in [-0.2, 0) is 0 Å². The Balaban J connectivity index is 1.62. The smallest absolute Gasteiger partial charge is 0.124 e. The Bertz CT molecular complexity index is 452. The molecule has 1 aromatic rings. The molecule has 0 aliphatic heterocycles. The maximum absolute atomic E-state index is 13.1. The molecule has 3 rings (SSSR count). The third-order valence-corrected chi connectivity index (χ3v) is 5.21. The lowest BCUT2D eigenvalue weighted by Crippen LogP contribution is -2.28. The van der Waals surface area contributed by atoms with E-state index in [1.807, 2.05) is 6.07 Å². The van der Waals surface area contributed by atoms with Crippen LogP contribution in [0.25, 0.3) is 0 Å². The highest BCUT2D eigenvalue weighted by atomic mass is 79.9. The van der Waals surface area contributed by atoms with E-state index in [1.54, 1.807) is 6.07 Å².